The van der Waals surface area contributed by atoms with Crippen LogP contribution in [-0.2, 0) is 0 Å². The molecule has 0 aliphatic heterocycles. The molecule has 0 saturated heterocycles. The van der Waals surface area contributed by atoms with Crippen LogP contribution >= 0.6 is 0 Å². The minimum atomic E-state index is 0.256. The molecule has 1 unspecified atom stereocenters. The SMILES string of the molecule is Cc1cc(C)c(C(C)NCCCO)cc1C. The van der Waals surface area contributed by atoms with E-state index in [9.17, 15) is 0 Å². The lowest BCUT2D eigenvalue weighted by atomic mass is 9.96. The summed E-state index contributed by atoms with van der Waals surface area (Å²) >= 11 is 0. The maximum absolute atomic E-state index is 8.74. The van der Waals surface area contributed by atoms with Crippen LogP contribution in [0.2, 0.25) is 0 Å². The molecule has 0 spiro atoms. The Morgan fingerprint density at radius 3 is 2.38 bits per heavy atom. The van der Waals surface area contributed by atoms with E-state index >= 15 is 0 Å². The average molecular weight is 221 g/mol. The topological polar surface area (TPSA) is 32.3 Å². The van der Waals surface area contributed by atoms with Gasteiger partial charge in [-0.2, -0.15) is 0 Å². The number of aryl methyl sites for hydroxylation is 3. The van der Waals surface area contributed by atoms with Gasteiger partial charge in [-0.25, -0.2) is 0 Å². The van der Waals surface area contributed by atoms with E-state index in [-0.39, 0.29) is 6.61 Å². The van der Waals surface area contributed by atoms with Crippen molar-refractivity contribution in [3.8, 4) is 0 Å². The first kappa shape index (κ1) is 13.2. The van der Waals surface area contributed by atoms with E-state index in [1.54, 1.807) is 0 Å². The molecule has 0 fully saturated rings. The normalized spacial score (nSPS) is 12.8. The molecule has 0 aromatic heterocycles. The molecule has 0 amide bonds. The Balaban J connectivity index is 2.75. The van der Waals surface area contributed by atoms with Crippen molar-refractivity contribution in [2.24, 2.45) is 0 Å². The first-order valence-corrected chi connectivity index (χ1v) is 5.98. The molecule has 16 heavy (non-hydrogen) atoms. The standard InChI is InChI=1S/C14H23NO/c1-10-8-12(3)14(9-11(10)2)13(4)15-6-5-7-16/h8-9,13,15-16H,5-7H2,1-4H3. The Kier molecular flexibility index (Phi) is 4.97. The van der Waals surface area contributed by atoms with E-state index in [0.29, 0.717) is 6.04 Å². The first-order valence-electron chi connectivity index (χ1n) is 5.98. The van der Waals surface area contributed by atoms with Gasteiger partial charge in [-0.15, -0.1) is 0 Å². The van der Waals surface area contributed by atoms with Gasteiger partial charge in [-0.1, -0.05) is 12.1 Å². The molecule has 0 aliphatic rings. The second kappa shape index (κ2) is 6.02. The van der Waals surface area contributed by atoms with Gasteiger partial charge in [0.25, 0.3) is 0 Å². The summed E-state index contributed by atoms with van der Waals surface area (Å²) in [5.74, 6) is 0. The zero-order valence-electron chi connectivity index (χ0n) is 10.8. The van der Waals surface area contributed by atoms with Crippen LogP contribution in [0.5, 0.6) is 0 Å². The van der Waals surface area contributed by atoms with Gasteiger partial charge in [0.2, 0.25) is 0 Å². The summed E-state index contributed by atoms with van der Waals surface area (Å²) in [5, 5.41) is 12.2. The fraction of sp³-hybridized carbons (Fsp3) is 0.571. The molecule has 1 aromatic carbocycles. The third-order valence-electron chi connectivity index (χ3n) is 3.13. The molecule has 2 N–H and O–H groups in total. The highest BCUT2D eigenvalue weighted by Gasteiger charge is 2.08. The van der Waals surface area contributed by atoms with Crippen molar-refractivity contribution >= 4 is 0 Å². The second-order valence-electron chi connectivity index (χ2n) is 4.55. The molecule has 0 heterocycles. The van der Waals surface area contributed by atoms with Gasteiger partial charge in [0.1, 0.15) is 0 Å². The molecular formula is C14H23NO. The van der Waals surface area contributed by atoms with Gasteiger partial charge in [0.15, 0.2) is 0 Å². The lowest BCUT2D eigenvalue weighted by Crippen LogP contribution is -2.21. The van der Waals surface area contributed by atoms with Gasteiger partial charge < -0.3 is 10.4 Å². The molecular weight excluding hydrogens is 198 g/mol. The Hall–Kier alpha value is -0.860. The molecule has 0 bridgehead atoms. The third-order valence-corrected chi connectivity index (χ3v) is 3.13. The van der Waals surface area contributed by atoms with Gasteiger partial charge in [0.05, 0.1) is 0 Å². The molecule has 0 saturated carbocycles. The molecule has 2 heteroatoms. The minimum absolute atomic E-state index is 0.256. The predicted octanol–water partition coefficient (Wildman–Crippen LogP) is 2.64. The smallest absolute Gasteiger partial charge is 0.0443 e. The number of rotatable bonds is 5. The van der Waals surface area contributed by atoms with Crippen LogP contribution in [0.3, 0.4) is 0 Å². The van der Waals surface area contributed by atoms with Crippen LogP contribution in [0.25, 0.3) is 0 Å². The Bertz CT molecular complexity index is 347. The van der Waals surface area contributed by atoms with Crippen molar-refractivity contribution in [2.45, 2.75) is 40.2 Å². The van der Waals surface area contributed by atoms with Crippen LogP contribution in [-0.4, -0.2) is 18.3 Å². The number of aliphatic hydroxyl groups excluding tert-OH is 1. The maximum atomic E-state index is 8.74. The number of nitrogens with one attached hydrogen (secondary N) is 1. The van der Waals surface area contributed by atoms with Gasteiger partial charge >= 0.3 is 0 Å². The summed E-state index contributed by atoms with van der Waals surface area (Å²) in [7, 11) is 0. The zero-order chi connectivity index (χ0) is 12.1. The van der Waals surface area contributed by atoms with E-state index in [0.717, 1.165) is 13.0 Å². The van der Waals surface area contributed by atoms with Crippen molar-refractivity contribution in [3.05, 3.63) is 34.4 Å². The number of hydrogen-bond acceptors (Lipinski definition) is 2. The maximum Gasteiger partial charge on any atom is 0.0443 e. The summed E-state index contributed by atoms with van der Waals surface area (Å²) < 4.78 is 0. The number of aliphatic hydroxyl groups is 1. The molecule has 0 aliphatic carbocycles. The van der Waals surface area contributed by atoms with E-state index in [4.69, 9.17) is 5.11 Å². The lowest BCUT2D eigenvalue weighted by Gasteiger charge is -2.18. The van der Waals surface area contributed by atoms with Crippen LogP contribution in [0.1, 0.15) is 41.6 Å². The van der Waals surface area contributed by atoms with E-state index in [2.05, 4.69) is 45.1 Å². The largest absolute Gasteiger partial charge is 0.396 e. The lowest BCUT2D eigenvalue weighted by molar-refractivity contribution is 0.284. The Labute approximate surface area is 98.7 Å². The monoisotopic (exact) mass is 221 g/mol. The van der Waals surface area contributed by atoms with E-state index in [1.807, 2.05) is 0 Å². The van der Waals surface area contributed by atoms with Crippen molar-refractivity contribution in [3.63, 3.8) is 0 Å². The van der Waals surface area contributed by atoms with Crippen LogP contribution in [0, 0.1) is 20.8 Å². The molecule has 1 aromatic rings. The van der Waals surface area contributed by atoms with Gasteiger partial charge in [-0.05, 0) is 62.9 Å². The average Bonchev–Trinajstić information content (AvgIpc) is 2.23. The quantitative estimate of drug-likeness (QED) is 0.749. The summed E-state index contributed by atoms with van der Waals surface area (Å²) in [5.41, 5.74) is 5.40. The minimum Gasteiger partial charge on any atom is -0.396 e. The zero-order valence-corrected chi connectivity index (χ0v) is 10.8. The summed E-state index contributed by atoms with van der Waals surface area (Å²) in [6, 6.07) is 4.86. The van der Waals surface area contributed by atoms with Crippen molar-refractivity contribution in [1.82, 2.24) is 5.32 Å². The van der Waals surface area contributed by atoms with Gasteiger partial charge in [0, 0.05) is 12.6 Å². The molecule has 90 valence electrons. The Morgan fingerprint density at radius 2 is 1.75 bits per heavy atom. The highest BCUT2D eigenvalue weighted by Crippen LogP contribution is 2.21. The number of benzene rings is 1. The summed E-state index contributed by atoms with van der Waals surface area (Å²) in [6.07, 6.45) is 0.814. The number of hydrogen-bond donors (Lipinski definition) is 2. The first-order chi connectivity index (χ1) is 7.56. The third kappa shape index (κ3) is 3.32. The van der Waals surface area contributed by atoms with E-state index in [1.165, 1.54) is 22.3 Å². The van der Waals surface area contributed by atoms with Gasteiger partial charge in [-0.3, -0.25) is 0 Å². The highest BCUT2D eigenvalue weighted by molar-refractivity contribution is 5.37. The van der Waals surface area contributed by atoms with Crippen molar-refractivity contribution in [2.75, 3.05) is 13.2 Å². The molecule has 0 radical (unpaired) electrons. The summed E-state index contributed by atoms with van der Waals surface area (Å²) in [4.78, 5) is 0. The van der Waals surface area contributed by atoms with Crippen LogP contribution in [0.15, 0.2) is 12.1 Å². The second-order valence-corrected chi connectivity index (χ2v) is 4.55. The van der Waals surface area contributed by atoms with Crippen LogP contribution in [0.4, 0.5) is 0 Å². The van der Waals surface area contributed by atoms with Crippen molar-refractivity contribution in [1.29, 1.82) is 0 Å². The highest BCUT2D eigenvalue weighted by atomic mass is 16.3. The summed E-state index contributed by atoms with van der Waals surface area (Å²) in [6.45, 7) is 9.75. The fourth-order valence-electron chi connectivity index (χ4n) is 1.96. The Morgan fingerprint density at radius 1 is 1.12 bits per heavy atom. The fourth-order valence-corrected chi connectivity index (χ4v) is 1.96. The molecule has 2 nitrogen and oxygen atoms in total. The molecule has 1 rings (SSSR count). The predicted molar refractivity (Wildman–Crippen MR) is 68.8 cm³/mol. The van der Waals surface area contributed by atoms with E-state index < -0.39 is 0 Å². The van der Waals surface area contributed by atoms with Crippen molar-refractivity contribution < 1.29 is 5.11 Å². The van der Waals surface area contributed by atoms with Crippen LogP contribution < -0.4 is 5.32 Å². The molecule has 1 atom stereocenters.